The molecule has 1 amide bonds. The summed E-state index contributed by atoms with van der Waals surface area (Å²) in [6.45, 7) is 1.80. The fourth-order valence-electron chi connectivity index (χ4n) is 2.79. The smallest absolute Gasteiger partial charge is 0.248 e. The topological polar surface area (TPSA) is 44.7 Å². The number of hydrogen-bond donors (Lipinski definition) is 1. The van der Waals surface area contributed by atoms with Gasteiger partial charge in [-0.3, -0.25) is 9.79 Å². The zero-order chi connectivity index (χ0) is 17.1. The van der Waals surface area contributed by atoms with Crippen LogP contribution in [0.3, 0.4) is 0 Å². The van der Waals surface area contributed by atoms with Crippen LogP contribution in [0.25, 0.3) is 11.8 Å². The van der Waals surface area contributed by atoms with Gasteiger partial charge in [0.25, 0.3) is 0 Å². The van der Waals surface area contributed by atoms with Gasteiger partial charge in [-0.2, -0.15) is 0 Å². The molecule has 2 aliphatic heterocycles. The molecule has 2 heterocycles. The number of carbonyl (C=O) groups excluding carboxylic acids is 1. The third-order valence-electron chi connectivity index (χ3n) is 4.04. The molecule has 2 aromatic rings. The lowest BCUT2D eigenvalue weighted by atomic mass is 10.1. The van der Waals surface area contributed by atoms with Crippen molar-refractivity contribution in [1.29, 1.82) is 0 Å². The van der Waals surface area contributed by atoms with Gasteiger partial charge in [0.15, 0.2) is 5.17 Å². The van der Waals surface area contributed by atoms with Gasteiger partial charge in [-0.15, -0.1) is 0 Å². The Labute approximate surface area is 151 Å². The molecule has 0 radical (unpaired) electrons. The first-order chi connectivity index (χ1) is 12.3. The number of benzene rings is 2. The predicted molar refractivity (Wildman–Crippen MR) is 105 cm³/mol. The Kier molecular flexibility index (Phi) is 4.39. The van der Waals surface area contributed by atoms with Crippen molar-refractivity contribution in [3.8, 4) is 0 Å². The molecule has 0 unspecified atom stereocenters. The average molecular weight is 347 g/mol. The number of carbonyl (C=O) groups is 1. The van der Waals surface area contributed by atoms with Crippen LogP contribution in [0, 0.1) is 0 Å². The molecule has 0 aliphatic carbocycles. The molecule has 0 bridgehead atoms. The summed E-state index contributed by atoms with van der Waals surface area (Å²) in [5.74, 6) is -0.138. The van der Waals surface area contributed by atoms with Crippen molar-refractivity contribution < 1.29 is 4.79 Å². The highest BCUT2D eigenvalue weighted by molar-refractivity contribution is 8.16. The van der Waals surface area contributed by atoms with Gasteiger partial charge < -0.3 is 10.2 Å². The van der Waals surface area contributed by atoms with Crippen LogP contribution in [-0.4, -0.2) is 29.1 Å². The van der Waals surface area contributed by atoms with Gasteiger partial charge in [0.2, 0.25) is 5.91 Å². The standard InChI is InChI=1S/C20H17N3OS/c24-19(11-6-15-4-2-1-3-5-15)22-17-9-7-16(8-10-17)18-14-25-20-21-12-13-23(18)20/h1-11,14H,12-13H2,(H,22,24)/b11-6+. The number of thioether (sulfide) groups is 1. The second kappa shape index (κ2) is 6.99. The first-order valence-corrected chi connectivity index (χ1v) is 9.01. The lowest BCUT2D eigenvalue weighted by Crippen LogP contribution is -2.19. The van der Waals surface area contributed by atoms with Crippen LogP contribution in [-0.2, 0) is 4.79 Å². The minimum atomic E-state index is -0.138. The maximum absolute atomic E-state index is 12.0. The summed E-state index contributed by atoms with van der Waals surface area (Å²) in [5.41, 5.74) is 4.11. The van der Waals surface area contributed by atoms with Crippen molar-refractivity contribution in [1.82, 2.24) is 4.90 Å². The van der Waals surface area contributed by atoms with Crippen molar-refractivity contribution in [3.05, 3.63) is 77.2 Å². The fraction of sp³-hybridized carbons (Fsp3) is 0.100. The molecule has 2 aromatic carbocycles. The number of amidine groups is 1. The van der Waals surface area contributed by atoms with Gasteiger partial charge in [0.05, 0.1) is 12.2 Å². The van der Waals surface area contributed by atoms with E-state index in [4.69, 9.17) is 0 Å². The van der Waals surface area contributed by atoms with Crippen LogP contribution >= 0.6 is 11.8 Å². The molecule has 5 heteroatoms. The molecule has 0 fully saturated rings. The Morgan fingerprint density at radius 1 is 1.12 bits per heavy atom. The van der Waals surface area contributed by atoms with E-state index in [0.717, 1.165) is 35.1 Å². The molecule has 1 N–H and O–H groups in total. The zero-order valence-electron chi connectivity index (χ0n) is 13.6. The monoisotopic (exact) mass is 347 g/mol. The molecule has 0 saturated carbocycles. The highest BCUT2D eigenvalue weighted by Crippen LogP contribution is 2.35. The summed E-state index contributed by atoms with van der Waals surface area (Å²) in [7, 11) is 0. The molecule has 0 aromatic heterocycles. The van der Waals surface area contributed by atoms with Crippen LogP contribution in [0.5, 0.6) is 0 Å². The van der Waals surface area contributed by atoms with Crippen molar-refractivity contribution in [2.75, 3.05) is 18.4 Å². The average Bonchev–Trinajstić information content (AvgIpc) is 3.25. The molecular formula is C20H17N3OS. The highest BCUT2D eigenvalue weighted by Gasteiger charge is 2.26. The maximum Gasteiger partial charge on any atom is 0.248 e. The number of aliphatic imine (C=N–C) groups is 1. The van der Waals surface area contributed by atoms with Gasteiger partial charge in [-0.1, -0.05) is 54.2 Å². The Balaban J connectivity index is 1.40. The van der Waals surface area contributed by atoms with Gasteiger partial charge in [-0.25, -0.2) is 0 Å². The SMILES string of the molecule is O=C(/C=C/c1ccccc1)Nc1ccc(C2=CSC3=NCCN23)cc1. The van der Waals surface area contributed by atoms with E-state index in [1.54, 1.807) is 23.9 Å². The summed E-state index contributed by atoms with van der Waals surface area (Å²) in [6.07, 6.45) is 3.35. The Bertz CT molecular complexity index is 870. The van der Waals surface area contributed by atoms with E-state index in [-0.39, 0.29) is 5.91 Å². The third kappa shape index (κ3) is 3.51. The molecule has 124 valence electrons. The first kappa shape index (κ1) is 15.7. The third-order valence-corrected chi connectivity index (χ3v) is 4.94. The van der Waals surface area contributed by atoms with Crippen LogP contribution in [0.15, 0.2) is 71.1 Å². The quantitative estimate of drug-likeness (QED) is 0.849. The van der Waals surface area contributed by atoms with Crippen molar-refractivity contribution in [3.63, 3.8) is 0 Å². The minimum Gasteiger partial charge on any atom is -0.323 e. The van der Waals surface area contributed by atoms with Gasteiger partial charge >= 0.3 is 0 Å². The van der Waals surface area contributed by atoms with E-state index in [2.05, 4.69) is 20.6 Å². The van der Waals surface area contributed by atoms with E-state index in [1.807, 2.05) is 54.6 Å². The van der Waals surface area contributed by atoms with Gasteiger partial charge in [0.1, 0.15) is 0 Å². The summed E-state index contributed by atoms with van der Waals surface area (Å²) in [6, 6.07) is 17.7. The number of hydrogen-bond acceptors (Lipinski definition) is 4. The maximum atomic E-state index is 12.0. The largest absolute Gasteiger partial charge is 0.323 e. The molecule has 0 atom stereocenters. The summed E-state index contributed by atoms with van der Waals surface area (Å²) in [5, 5.41) is 6.10. The van der Waals surface area contributed by atoms with E-state index < -0.39 is 0 Å². The number of anilines is 1. The lowest BCUT2D eigenvalue weighted by Gasteiger charge is -2.16. The van der Waals surface area contributed by atoms with E-state index in [1.165, 1.54) is 5.70 Å². The van der Waals surface area contributed by atoms with Crippen molar-refractivity contribution in [2.24, 2.45) is 4.99 Å². The highest BCUT2D eigenvalue weighted by atomic mass is 32.2. The van der Waals surface area contributed by atoms with Crippen LogP contribution in [0.1, 0.15) is 11.1 Å². The van der Waals surface area contributed by atoms with Crippen molar-refractivity contribution in [2.45, 2.75) is 0 Å². The van der Waals surface area contributed by atoms with Gasteiger partial charge in [0, 0.05) is 23.7 Å². The molecule has 2 aliphatic rings. The second-order valence-electron chi connectivity index (χ2n) is 5.75. The number of fused-ring (bicyclic) bond motifs is 1. The summed E-state index contributed by atoms with van der Waals surface area (Å²) in [4.78, 5) is 18.7. The minimum absolute atomic E-state index is 0.138. The number of nitrogens with one attached hydrogen (secondary N) is 1. The van der Waals surface area contributed by atoms with Gasteiger partial charge in [-0.05, 0) is 29.3 Å². The van der Waals surface area contributed by atoms with Crippen LogP contribution < -0.4 is 5.32 Å². The normalized spacial score (nSPS) is 15.9. The lowest BCUT2D eigenvalue weighted by molar-refractivity contribution is -0.111. The van der Waals surface area contributed by atoms with Crippen LogP contribution in [0.4, 0.5) is 5.69 Å². The van der Waals surface area contributed by atoms with E-state index >= 15 is 0 Å². The Morgan fingerprint density at radius 2 is 1.92 bits per heavy atom. The molecule has 4 rings (SSSR count). The van der Waals surface area contributed by atoms with Crippen molar-refractivity contribution >= 4 is 40.3 Å². The number of rotatable bonds is 4. The predicted octanol–water partition coefficient (Wildman–Crippen LogP) is 4.06. The number of amides is 1. The second-order valence-corrected chi connectivity index (χ2v) is 6.58. The molecule has 25 heavy (non-hydrogen) atoms. The molecular weight excluding hydrogens is 330 g/mol. The Morgan fingerprint density at radius 3 is 2.72 bits per heavy atom. The van der Waals surface area contributed by atoms with E-state index in [9.17, 15) is 4.79 Å². The molecule has 4 nitrogen and oxygen atoms in total. The molecule has 0 spiro atoms. The zero-order valence-corrected chi connectivity index (χ0v) is 14.4. The van der Waals surface area contributed by atoms with E-state index in [0.29, 0.717) is 0 Å². The fourth-order valence-corrected chi connectivity index (χ4v) is 3.75. The summed E-state index contributed by atoms with van der Waals surface area (Å²) < 4.78 is 0. The van der Waals surface area contributed by atoms with Crippen LogP contribution in [0.2, 0.25) is 0 Å². The summed E-state index contributed by atoms with van der Waals surface area (Å²) >= 11 is 1.67. The molecule has 0 saturated heterocycles. The first-order valence-electron chi connectivity index (χ1n) is 8.13. The number of nitrogens with zero attached hydrogens (tertiary/aromatic N) is 2. The Hall–Kier alpha value is -2.79.